The molecule has 3 unspecified atom stereocenters. The SMILES string of the molecule is CCOCC1(C(N)=S)C(c2ccc3c(c2)OCO3)C1S(C)(=O)=O. The van der Waals surface area contributed by atoms with Gasteiger partial charge in [0.2, 0.25) is 6.79 Å². The lowest BCUT2D eigenvalue weighted by Crippen LogP contribution is -2.33. The first kappa shape index (κ1) is 16.5. The van der Waals surface area contributed by atoms with Crippen molar-refractivity contribution in [1.82, 2.24) is 0 Å². The van der Waals surface area contributed by atoms with Crippen LogP contribution in [0.2, 0.25) is 0 Å². The number of hydrogen-bond donors (Lipinski definition) is 1. The van der Waals surface area contributed by atoms with Crippen LogP contribution in [0, 0.1) is 5.41 Å². The van der Waals surface area contributed by atoms with Crippen LogP contribution >= 0.6 is 12.2 Å². The van der Waals surface area contributed by atoms with E-state index in [2.05, 4.69) is 0 Å². The van der Waals surface area contributed by atoms with Crippen molar-refractivity contribution in [2.45, 2.75) is 18.1 Å². The highest BCUT2D eigenvalue weighted by Crippen LogP contribution is 2.63. The first-order chi connectivity index (χ1) is 10.8. The fourth-order valence-corrected chi connectivity index (χ4v) is 5.73. The van der Waals surface area contributed by atoms with E-state index in [4.69, 9.17) is 32.2 Å². The van der Waals surface area contributed by atoms with E-state index in [-0.39, 0.29) is 24.3 Å². The summed E-state index contributed by atoms with van der Waals surface area (Å²) in [6, 6.07) is 5.42. The zero-order valence-corrected chi connectivity index (χ0v) is 14.6. The van der Waals surface area contributed by atoms with Gasteiger partial charge >= 0.3 is 0 Å². The molecule has 1 aliphatic carbocycles. The Bertz CT molecular complexity index is 748. The van der Waals surface area contributed by atoms with Crippen LogP contribution in [0.5, 0.6) is 11.5 Å². The van der Waals surface area contributed by atoms with Gasteiger partial charge in [-0.1, -0.05) is 18.3 Å². The molecule has 1 heterocycles. The van der Waals surface area contributed by atoms with Crippen LogP contribution in [0.4, 0.5) is 0 Å². The minimum absolute atomic E-state index is 0.165. The van der Waals surface area contributed by atoms with E-state index in [0.29, 0.717) is 18.1 Å². The van der Waals surface area contributed by atoms with E-state index in [9.17, 15) is 8.42 Å². The summed E-state index contributed by atoms with van der Waals surface area (Å²) in [7, 11) is -3.34. The van der Waals surface area contributed by atoms with Crippen LogP contribution in [-0.2, 0) is 14.6 Å². The summed E-state index contributed by atoms with van der Waals surface area (Å²) in [4.78, 5) is 0.170. The summed E-state index contributed by atoms with van der Waals surface area (Å²) in [5, 5.41) is -0.681. The van der Waals surface area contributed by atoms with Gasteiger partial charge in [0.15, 0.2) is 21.3 Å². The molecular weight excluding hydrogens is 338 g/mol. The van der Waals surface area contributed by atoms with Crippen molar-refractivity contribution in [3.63, 3.8) is 0 Å². The Labute approximate surface area is 140 Å². The number of sulfone groups is 1. The van der Waals surface area contributed by atoms with Gasteiger partial charge in [-0.15, -0.1) is 0 Å². The van der Waals surface area contributed by atoms with Crippen LogP contribution in [-0.4, -0.2) is 44.9 Å². The summed E-state index contributed by atoms with van der Waals surface area (Å²) in [5.74, 6) is 0.919. The Morgan fingerprint density at radius 1 is 1.43 bits per heavy atom. The van der Waals surface area contributed by atoms with Crippen molar-refractivity contribution in [2.75, 3.05) is 26.3 Å². The highest BCUT2D eigenvalue weighted by Gasteiger charge is 2.72. The van der Waals surface area contributed by atoms with E-state index in [1.54, 1.807) is 12.1 Å². The van der Waals surface area contributed by atoms with Gasteiger partial charge in [0.05, 0.1) is 22.3 Å². The molecular formula is C15H19NO5S2. The van der Waals surface area contributed by atoms with Crippen LogP contribution < -0.4 is 15.2 Å². The van der Waals surface area contributed by atoms with Gasteiger partial charge in [-0.3, -0.25) is 0 Å². The van der Waals surface area contributed by atoms with Gasteiger partial charge in [0.25, 0.3) is 0 Å². The first-order valence-corrected chi connectivity index (χ1v) is 9.64. The van der Waals surface area contributed by atoms with Crippen LogP contribution in [0.3, 0.4) is 0 Å². The first-order valence-electron chi connectivity index (χ1n) is 7.28. The third-order valence-corrected chi connectivity index (χ3v) is 6.47. The molecule has 1 aromatic carbocycles. The Morgan fingerprint density at radius 3 is 2.74 bits per heavy atom. The lowest BCUT2D eigenvalue weighted by atomic mass is 9.99. The molecule has 0 aromatic heterocycles. The smallest absolute Gasteiger partial charge is 0.231 e. The minimum Gasteiger partial charge on any atom is -0.454 e. The van der Waals surface area contributed by atoms with Crippen LogP contribution in [0.25, 0.3) is 0 Å². The topological polar surface area (TPSA) is 87.8 Å². The Balaban J connectivity index is 2.03. The van der Waals surface area contributed by atoms with Crippen LogP contribution in [0.15, 0.2) is 18.2 Å². The summed E-state index contributed by atoms with van der Waals surface area (Å²) in [6.07, 6.45) is 1.21. The normalized spacial score (nSPS) is 28.6. The number of ether oxygens (including phenoxy) is 3. The molecule has 1 aromatic rings. The zero-order valence-electron chi connectivity index (χ0n) is 12.9. The van der Waals surface area contributed by atoms with Gasteiger partial charge in [-0.25, -0.2) is 8.42 Å². The number of benzene rings is 1. The quantitative estimate of drug-likeness (QED) is 0.766. The molecule has 3 atom stereocenters. The molecule has 1 saturated carbocycles. The minimum atomic E-state index is -3.34. The van der Waals surface area contributed by atoms with Crippen molar-refractivity contribution >= 4 is 27.0 Å². The van der Waals surface area contributed by atoms with Gasteiger partial charge in [0, 0.05) is 18.8 Å². The number of rotatable bonds is 6. The van der Waals surface area contributed by atoms with Crippen molar-refractivity contribution in [1.29, 1.82) is 0 Å². The second-order valence-electron chi connectivity index (χ2n) is 5.88. The maximum atomic E-state index is 12.3. The van der Waals surface area contributed by atoms with Gasteiger partial charge < -0.3 is 19.9 Å². The van der Waals surface area contributed by atoms with E-state index < -0.39 is 20.5 Å². The predicted octanol–water partition coefficient (Wildman–Crippen LogP) is 1.23. The maximum absolute atomic E-state index is 12.3. The van der Waals surface area contributed by atoms with Crippen molar-refractivity contribution in [3.05, 3.63) is 23.8 Å². The summed E-state index contributed by atoms with van der Waals surface area (Å²) >= 11 is 5.21. The van der Waals surface area contributed by atoms with E-state index >= 15 is 0 Å². The number of nitrogens with two attached hydrogens (primary N) is 1. The Morgan fingerprint density at radius 2 is 2.13 bits per heavy atom. The number of fused-ring (bicyclic) bond motifs is 1. The average Bonchev–Trinajstić information content (AvgIpc) is 2.97. The molecule has 1 aliphatic heterocycles. The Kier molecular flexibility index (Phi) is 4.02. The molecule has 126 valence electrons. The van der Waals surface area contributed by atoms with Gasteiger partial charge in [0.1, 0.15) is 0 Å². The highest BCUT2D eigenvalue weighted by atomic mass is 32.2. The average molecular weight is 357 g/mol. The van der Waals surface area contributed by atoms with E-state index in [1.165, 1.54) is 6.26 Å². The van der Waals surface area contributed by atoms with Crippen molar-refractivity contribution in [3.8, 4) is 11.5 Å². The van der Waals surface area contributed by atoms with Gasteiger partial charge in [-0.05, 0) is 24.6 Å². The third-order valence-electron chi connectivity index (χ3n) is 4.48. The molecule has 0 spiro atoms. The number of hydrogen-bond acceptors (Lipinski definition) is 6. The third kappa shape index (κ3) is 2.58. The van der Waals surface area contributed by atoms with Crippen molar-refractivity contribution < 1.29 is 22.6 Å². The molecule has 0 bridgehead atoms. The second-order valence-corrected chi connectivity index (χ2v) is 8.49. The molecule has 23 heavy (non-hydrogen) atoms. The summed E-state index contributed by atoms with van der Waals surface area (Å²) < 4.78 is 40.7. The molecule has 6 nitrogen and oxygen atoms in total. The number of thiocarbonyl (C=S) groups is 1. The maximum Gasteiger partial charge on any atom is 0.231 e. The molecule has 2 aliphatic rings. The summed E-state index contributed by atoms with van der Waals surface area (Å²) in [6.45, 7) is 2.67. The second kappa shape index (κ2) is 5.61. The highest BCUT2D eigenvalue weighted by molar-refractivity contribution is 7.92. The fraction of sp³-hybridized carbons (Fsp3) is 0.533. The molecule has 3 rings (SSSR count). The lowest BCUT2D eigenvalue weighted by molar-refractivity contribution is 0.121. The predicted molar refractivity (Wildman–Crippen MR) is 89.6 cm³/mol. The Hall–Kier alpha value is -1.38. The zero-order chi connectivity index (χ0) is 16.8. The molecule has 0 radical (unpaired) electrons. The van der Waals surface area contributed by atoms with Crippen LogP contribution in [0.1, 0.15) is 18.4 Å². The van der Waals surface area contributed by atoms with E-state index in [0.717, 1.165) is 5.56 Å². The lowest BCUT2D eigenvalue weighted by Gasteiger charge is -2.16. The van der Waals surface area contributed by atoms with E-state index in [1.807, 2.05) is 13.0 Å². The molecule has 0 saturated heterocycles. The molecule has 0 amide bonds. The largest absolute Gasteiger partial charge is 0.454 e. The van der Waals surface area contributed by atoms with Gasteiger partial charge in [-0.2, -0.15) is 0 Å². The monoisotopic (exact) mass is 357 g/mol. The standard InChI is InChI=1S/C15H19NO5S2/c1-3-19-7-15(14(16)22)12(13(15)23(2,17)18)9-4-5-10-11(6-9)21-8-20-10/h4-6,12-13H,3,7-8H2,1-2H3,(H2,16,22). The molecule has 1 fully saturated rings. The molecule has 2 N–H and O–H groups in total. The molecule has 8 heteroatoms. The summed E-state index contributed by atoms with van der Waals surface area (Å²) in [5.41, 5.74) is 5.88. The van der Waals surface area contributed by atoms with Crippen molar-refractivity contribution in [2.24, 2.45) is 11.1 Å². The fourth-order valence-electron chi connectivity index (χ4n) is 3.42.